The van der Waals surface area contributed by atoms with E-state index < -0.39 is 41.5 Å². The van der Waals surface area contributed by atoms with Crippen LogP contribution >= 0.6 is 0 Å². The molecule has 1 atom stereocenters. The standard InChI is InChI=1S/C35H42F6N8O4/c1-2-3-11-45-24-14-21(34(36,37)38)15-27(19-24)52-25-8-6-7-23(18-25)47-33(51)49-29-17-22(35(39,40)41)16-28(31(29)53-26-10-13-44-20-26)48-30(50)9-4-5-12-46-32(42)43/h6-8,14-19,26,44-45H,2-5,9-13,20H2,1H3,(H,48,50)(H4,42,43,46)(H2,47,49,51)/t26-/m1/s1. The first-order chi connectivity index (χ1) is 25.1. The highest BCUT2D eigenvalue weighted by Crippen LogP contribution is 2.42. The third-order valence-corrected chi connectivity index (χ3v) is 7.77. The molecule has 288 valence electrons. The van der Waals surface area contributed by atoms with E-state index in [-0.39, 0.29) is 58.9 Å². The molecule has 3 aromatic rings. The van der Waals surface area contributed by atoms with Gasteiger partial charge in [-0.15, -0.1) is 0 Å². The van der Waals surface area contributed by atoms with Gasteiger partial charge in [-0.05, 0) is 68.6 Å². The number of hydrogen-bond donors (Lipinski definition) is 7. The molecule has 1 saturated heterocycles. The van der Waals surface area contributed by atoms with Crippen LogP contribution in [-0.4, -0.2) is 50.2 Å². The SMILES string of the molecule is CCCCNc1cc(Oc2cccc(NC(=O)Nc3cc(C(F)(F)F)cc(NC(=O)CCCCN=C(N)N)c3O[C@@H]3CCNC3)c2)cc(C(F)(F)F)c1. The molecule has 0 aliphatic carbocycles. The zero-order valence-corrected chi connectivity index (χ0v) is 28.8. The predicted molar refractivity (Wildman–Crippen MR) is 191 cm³/mol. The number of carbonyl (C=O) groups is 2. The fourth-order valence-corrected chi connectivity index (χ4v) is 5.21. The number of guanidine groups is 1. The second kappa shape index (κ2) is 18.4. The number of aliphatic imine (C=N–C) groups is 1. The molecule has 0 bridgehead atoms. The fourth-order valence-electron chi connectivity index (χ4n) is 5.21. The van der Waals surface area contributed by atoms with Gasteiger partial charge in [-0.3, -0.25) is 9.79 Å². The zero-order chi connectivity index (χ0) is 38.6. The van der Waals surface area contributed by atoms with Gasteiger partial charge in [-0.25, -0.2) is 4.79 Å². The van der Waals surface area contributed by atoms with Gasteiger partial charge in [0.1, 0.15) is 17.6 Å². The molecule has 1 fully saturated rings. The third-order valence-electron chi connectivity index (χ3n) is 7.77. The number of carbonyl (C=O) groups excluding carboxylic acids is 2. The van der Waals surface area contributed by atoms with Gasteiger partial charge < -0.3 is 47.5 Å². The van der Waals surface area contributed by atoms with Crippen LogP contribution in [0.4, 0.5) is 53.9 Å². The van der Waals surface area contributed by atoms with Crippen LogP contribution in [0.15, 0.2) is 59.6 Å². The normalized spacial score (nSPS) is 14.3. The minimum atomic E-state index is -4.86. The first-order valence-electron chi connectivity index (χ1n) is 16.9. The minimum absolute atomic E-state index is 0.0560. The number of amides is 3. The lowest BCUT2D eigenvalue weighted by Crippen LogP contribution is -2.25. The van der Waals surface area contributed by atoms with Gasteiger partial charge >= 0.3 is 18.4 Å². The van der Waals surface area contributed by atoms with E-state index in [1.807, 2.05) is 6.92 Å². The molecule has 1 heterocycles. The number of halogens is 6. The van der Waals surface area contributed by atoms with Crippen LogP contribution in [0.1, 0.15) is 56.6 Å². The Morgan fingerprint density at radius 2 is 1.57 bits per heavy atom. The second-order valence-corrected chi connectivity index (χ2v) is 12.2. The Morgan fingerprint density at radius 1 is 0.868 bits per heavy atom. The van der Waals surface area contributed by atoms with Crippen LogP contribution in [0.5, 0.6) is 17.2 Å². The summed E-state index contributed by atoms with van der Waals surface area (Å²) in [5.74, 6) is -0.926. The average Bonchev–Trinajstić information content (AvgIpc) is 3.58. The molecular formula is C35H42F6N8O4. The van der Waals surface area contributed by atoms with Crippen LogP contribution in [0.2, 0.25) is 0 Å². The molecule has 0 radical (unpaired) electrons. The number of urea groups is 1. The van der Waals surface area contributed by atoms with E-state index in [0.717, 1.165) is 31.0 Å². The van der Waals surface area contributed by atoms with E-state index in [0.29, 0.717) is 45.0 Å². The number of anilines is 4. The first-order valence-corrected chi connectivity index (χ1v) is 16.9. The fraction of sp³-hybridized carbons (Fsp3) is 0.400. The van der Waals surface area contributed by atoms with Gasteiger partial charge in [0, 0.05) is 49.6 Å². The number of unbranched alkanes of at least 4 members (excludes halogenated alkanes) is 2. The number of rotatable bonds is 16. The van der Waals surface area contributed by atoms with Crippen molar-refractivity contribution in [3.63, 3.8) is 0 Å². The van der Waals surface area contributed by atoms with Crippen molar-refractivity contribution in [1.82, 2.24) is 5.32 Å². The molecule has 12 nitrogen and oxygen atoms in total. The quantitative estimate of drug-likeness (QED) is 0.0341. The molecule has 18 heteroatoms. The van der Waals surface area contributed by atoms with E-state index >= 15 is 0 Å². The van der Waals surface area contributed by atoms with Crippen molar-refractivity contribution in [3.05, 3.63) is 65.7 Å². The van der Waals surface area contributed by atoms with E-state index in [1.165, 1.54) is 30.3 Å². The number of alkyl halides is 6. The van der Waals surface area contributed by atoms with E-state index in [1.54, 1.807) is 0 Å². The molecule has 9 N–H and O–H groups in total. The van der Waals surface area contributed by atoms with Crippen LogP contribution in [0, 0.1) is 0 Å². The summed E-state index contributed by atoms with van der Waals surface area (Å²) in [6, 6.07) is 9.39. The maximum absolute atomic E-state index is 14.1. The number of nitrogens with one attached hydrogen (secondary N) is 5. The summed E-state index contributed by atoms with van der Waals surface area (Å²) < 4.78 is 94.9. The Bertz CT molecular complexity index is 1740. The molecule has 3 amide bonds. The summed E-state index contributed by atoms with van der Waals surface area (Å²) in [6.07, 6.45) is -7.15. The van der Waals surface area contributed by atoms with Crippen LogP contribution < -0.4 is 47.5 Å². The molecule has 4 rings (SSSR count). The Morgan fingerprint density at radius 3 is 2.23 bits per heavy atom. The number of nitrogens with two attached hydrogens (primary N) is 2. The number of nitrogens with zero attached hydrogens (tertiary/aromatic N) is 1. The monoisotopic (exact) mass is 752 g/mol. The van der Waals surface area contributed by atoms with Gasteiger partial charge in [0.25, 0.3) is 0 Å². The molecule has 0 spiro atoms. The van der Waals surface area contributed by atoms with Crippen LogP contribution in [0.3, 0.4) is 0 Å². The maximum Gasteiger partial charge on any atom is 0.416 e. The van der Waals surface area contributed by atoms with Crippen molar-refractivity contribution in [2.45, 2.75) is 63.9 Å². The van der Waals surface area contributed by atoms with Crippen molar-refractivity contribution in [2.75, 3.05) is 47.4 Å². The molecule has 53 heavy (non-hydrogen) atoms. The van der Waals surface area contributed by atoms with Gasteiger partial charge in [0.15, 0.2) is 11.7 Å². The molecule has 0 aromatic heterocycles. The van der Waals surface area contributed by atoms with E-state index in [4.69, 9.17) is 20.9 Å². The molecular weight excluding hydrogens is 710 g/mol. The second-order valence-electron chi connectivity index (χ2n) is 12.2. The summed E-state index contributed by atoms with van der Waals surface area (Å²) in [5.41, 5.74) is 8.17. The van der Waals surface area contributed by atoms with Crippen molar-refractivity contribution in [2.24, 2.45) is 16.5 Å². The topological polar surface area (TPSA) is 177 Å². The number of hydrogen-bond acceptors (Lipinski definition) is 7. The Balaban J connectivity index is 1.56. The summed E-state index contributed by atoms with van der Waals surface area (Å²) in [4.78, 5) is 29.9. The van der Waals surface area contributed by atoms with Gasteiger partial charge in [0.05, 0.1) is 22.5 Å². The summed E-state index contributed by atoms with van der Waals surface area (Å²) in [6.45, 7) is 3.63. The molecule has 0 saturated carbocycles. The third kappa shape index (κ3) is 13.0. The average molecular weight is 753 g/mol. The van der Waals surface area contributed by atoms with Gasteiger partial charge in [0.2, 0.25) is 5.91 Å². The van der Waals surface area contributed by atoms with E-state index in [9.17, 15) is 35.9 Å². The van der Waals surface area contributed by atoms with Crippen molar-refractivity contribution in [3.8, 4) is 17.2 Å². The predicted octanol–water partition coefficient (Wildman–Crippen LogP) is 7.50. The van der Waals surface area contributed by atoms with Gasteiger partial charge in [-0.2, -0.15) is 26.3 Å². The van der Waals surface area contributed by atoms with Crippen LogP contribution in [-0.2, 0) is 17.1 Å². The Hall–Kier alpha value is -5.39. The van der Waals surface area contributed by atoms with E-state index in [2.05, 4.69) is 31.6 Å². The van der Waals surface area contributed by atoms with Gasteiger partial charge in [-0.1, -0.05) is 19.4 Å². The van der Waals surface area contributed by atoms with Crippen LogP contribution in [0.25, 0.3) is 0 Å². The maximum atomic E-state index is 14.1. The minimum Gasteiger partial charge on any atom is -0.485 e. The summed E-state index contributed by atoms with van der Waals surface area (Å²) in [7, 11) is 0. The molecule has 3 aromatic carbocycles. The van der Waals surface area contributed by atoms with Crippen molar-refractivity contribution >= 4 is 40.6 Å². The lowest BCUT2D eigenvalue weighted by atomic mass is 10.1. The Labute approximate surface area is 302 Å². The number of benzene rings is 3. The molecule has 1 aliphatic heterocycles. The van der Waals surface area contributed by atoms with Crippen molar-refractivity contribution in [1.29, 1.82) is 0 Å². The lowest BCUT2D eigenvalue weighted by Gasteiger charge is -2.22. The summed E-state index contributed by atoms with van der Waals surface area (Å²) in [5, 5.41) is 13.4. The molecule has 0 unspecified atom stereocenters. The van der Waals surface area contributed by atoms with Crippen molar-refractivity contribution < 1.29 is 45.4 Å². The molecule has 1 aliphatic rings. The highest BCUT2D eigenvalue weighted by Gasteiger charge is 2.34. The zero-order valence-electron chi connectivity index (χ0n) is 28.8. The first kappa shape index (κ1) is 40.4. The number of ether oxygens (including phenoxy) is 2. The highest BCUT2D eigenvalue weighted by molar-refractivity contribution is 6.03. The summed E-state index contributed by atoms with van der Waals surface area (Å²) >= 11 is 0. The largest absolute Gasteiger partial charge is 0.485 e. The lowest BCUT2D eigenvalue weighted by molar-refractivity contribution is -0.138. The highest BCUT2D eigenvalue weighted by atomic mass is 19.4. The smallest absolute Gasteiger partial charge is 0.416 e. The Kier molecular flexibility index (Phi) is 14.0.